The van der Waals surface area contributed by atoms with Crippen LogP contribution in [0.15, 0.2) is 23.4 Å². The van der Waals surface area contributed by atoms with Gasteiger partial charge >= 0.3 is 6.09 Å². The maximum absolute atomic E-state index is 14.1. The standard InChI is InChI=1S/C31H42F2N6O6S/c1-7-12-46-28-34-26(37(29(41)42)20-14-17(20)16-8-9-18(32)19(33)13-16)23-27(35-28)38(36-39(23)30(2,3)4)21-15-22(43-11-10-40)25-24(21)44-31(5,6)45-25/h8-9,13,17,20-22,24-25,36,40H,7,10-12,14-15H2,1-6H3,(H,41,42)/t17-,20+,21+,22-,24-,25+/m0/s1. The van der Waals surface area contributed by atoms with Crippen LogP contribution in [0.2, 0.25) is 0 Å². The number of fused-ring (bicyclic) bond motifs is 2. The average molecular weight is 665 g/mol. The van der Waals surface area contributed by atoms with Gasteiger partial charge in [0.1, 0.15) is 17.9 Å². The lowest BCUT2D eigenvalue weighted by Crippen LogP contribution is -2.58. The minimum Gasteiger partial charge on any atom is -0.465 e. The van der Waals surface area contributed by atoms with E-state index in [-0.39, 0.29) is 37.1 Å². The molecule has 2 saturated carbocycles. The molecule has 1 aromatic heterocycles. The Bertz CT molecular complexity index is 1480. The van der Waals surface area contributed by atoms with E-state index in [4.69, 9.17) is 24.2 Å². The molecule has 15 heteroatoms. The molecule has 46 heavy (non-hydrogen) atoms. The number of aliphatic hydroxyl groups is 1. The SMILES string of the molecule is CCCSc1nc2c(c(N(C(=O)O)[C@@H]3C[C@H]3c3ccc(F)c(F)c3)n1)N(C(C)(C)C)NN2[C@@H]1C[C@H](OCCO)[C@H]2OC(C)(C)O[C@H]21. The summed E-state index contributed by atoms with van der Waals surface area (Å²) in [6, 6.07) is 2.83. The van der Waals surface area contributed by atoms with Crippen LogP contribution < -0.4 is 20.5 Å². The summed E-state index contributed by atoms with van der Waals surface area (Å²) in [6.07, 6.45) is -0.589. The third kappa shape index (κ3) is 6.13. The summed E-state index contributed by atoms with van der Waals surface area (Å²) in [5.74, 6) is -1.68. The number of aromatic nitrogens is 2. The second kappa shape index (κ2) is 12.3. The molecule has 0 unspecified atom stereocenters. The summed E-state index contributed by atoms with van der Waals surface area (Å²) >= 11 is 1.43. The van der Waals surface area contributed by atoms with Gasteiger partial charge < -0.3 is 24.4 Å². The summed E-state index contributed by atoms with van der Waals surface area (Å²) in [5.41, 5.74) is 3.94. The smallest absolute Gasteiger partial charge is 0.413 e. The van der Waals surface area contributed by atoms with Crippen LogP contribution in [0.25, 0.3) is 0 Å². The van der Waals surface area contributed by atoms with Crippen molar-refractivity contribution in [3.63, 3.8) is 0 Å². The van der Waals surface area contributed by atoms with E-state index in [9.17, 15) is 23.8 Å². The molecule has 4 aliphatic rings. The van der Waals surface area contributed by atoms with Crippen LogP contribution in [0, 0.1) is 11.6 Å². The zero-order chi connectivity index (χ0) is 33.1. The Hall–Kier alpha value is -2.82. The van der Waals surface area contributed by atoms with E-state index >= 15 is 0 Å². The molecule has 0 spiro atoms. The fourth-order valence-electron chi connectivity index (χ4n) is 6.61. The van der Waals surface area contributed by atoms with E-state index in [0.717, 1.165) is 24.3 Å². The van der Waals surface area contributed by atoms with Crippen LogP contribution in [0.4, 0.5) is 30.9 Å². The topological polar surface area (TPSA) is 133 Å². The van der Waals surface area contributed by atoms with Crippen molar-refractivity contribution in [1.82, 2.24) is 15.5 Å². The van der Waals surface area contributed by atoms with Gasteiger partial charge in [-0.15, -0.1) is 5.53 Å². The number of aliphatic hydroxyl groups excluding tert-OH is 1. The molecule has 0 radical (unpaired) electrons. The second-order valence-electron chi connectivity index (χ2n) is 13.6. The van der Waals surface area contributed by atoms with Gasteiger partial charge in [-0.3, -0.25) is 14.9 Å². The molecule has 1 saturated heterocycles. The summed E-state index contributed by atoms with van der Waals surface area (Å²) in [6.45, 7) is 11.7. The quantitative estimate of drug-likeness (QED) is 0.238. The maximum atomic E-state index is 14.1. The zero-order valence-corrected chi connectivity index (χ0v) is 27.7. The van der Waals surface area contributed by atoms with Crippen molar-refractivity contribution in [2.75, 3.05) is 33.9 Å². The fraction of sp³-hybridized carbons (Fsp3) is 0.645. The Kier molecular flexibility index (Phi) is 8.87. The number of ether oxygens (including phenoxy) is 3. The molecule has 12 nitrogen and oxygen atoms in total. The number of hydrogen-bond acceptors (Lipinski definition) is 11. The monoisotopic (exact) mass is 664 g/mol. The van der Waals surface area contributed by atoms with Crippen LogP contribution >= 0.6 is 11.8 Å². The first-order valence-electron chi connectivity index (χ1n) is 15.7. The number of thioether (sulfide) groups is 1. The largest absolute Gasteiger partial charge is 0.465 e. The van der Waals surface area contributed by atoms with Crippen molar-refractivity contribution in [2.24, 2.45) is 0 Å². The van der Waals surface area contributed by atoms with Crippen molar-refractivity contribution < 1.29 is 38.0 Å². The Balaban J connectivity index is 1.44. The highest BCUT2D eigenvalue weighted by Crippen LogP contribution is 2.52. The molecule has 252 valence electrons. The third-order valence-corrected chi connectivity index (χ3v) is 9.68. The Labute approximate surface area is 271 Å². The van der Waals surface area contributed by atoms with Gasteiger partial charge in [-0.1, -0.05) is 24.8 Å². The molecular weight excluding hydrogens is 622 g/mol. The molecule has 6 atom stereocenters. The molecule has 2 aliphatic heterocycles. The van der Waals surface area contributed by atoms with Gasteiger partial charge in [-0.25, -0.2) is 23.5 Å². The van der Waals surface area contributed by atoms with Crippen molar-refractivity contribution in [2.45, 2.75) is 114 Å². The van der Waals surface area contributed by atoms with Crippen molar-refractivity contribution in [3.8, 4) is 0 Å². The van der Waals surface area contributed by atoms with E-state index in [1.165, 1.54) is 22.7 Å². The third-order valence-electron chi connectivity index (χ3n) is 8.62. The van der Waals surface area contributed by atoms with Crippen LogP contribution in [0.1, 0.15) is 72.3 Å². The number of rotatable bonds is 10. The van der Waals surface area contributed by atoms with Crippen molar-refractivity contribution in [1.29, 1.82) is 0 Å². The molecule has 2 aromatic rings. The number of benzene rings is 1. The molecule has 3 fully saturated rings. The highest BCUT2D eigenvalue weighted by atomic mass is 32.2. The number of nitrogens with zero attached hydrogens (tertiary/aromatic N) is 5. The second-order valence-corrected chi connectivity index (χ2v) is 14.6. The van der Waals surface area contributed by atoms with E-state index < -0.39 is 47.3 Å². The van der Waals surface area contributed by atoms with E-state index in [2.05, 4.69) is 5.53 Å². The predicted molar refractivity (Wildman–Crippen MR) is 168 cm³/mol. The first-order chi connectivity index (χ1) is 21.7. The highest BCUT2D eigenvalue weighted by Gasteiger charge is 2.59. The maximum Gasteiger partial charge on any atom is 0.413 e. The van der Waals surface area contributed by atoms with E-state index in [0.29, 0.717) is 35.1 Å². The number of halogens is 2. The number of anilines is 3. The van der Waals surface area contributed by atoms with Gasteiger partial charge in [0.05, 0.1) is 30.9 Å². The summed E-state index contributed by atoms with van der Waals surface area (Å²) < 4.78 is 46.5. The van der Waals surface area contributed by atoms with Crippen LogP contribution in [0.3, 0.4) is 0 Å². The lowest BCUT2D eigenvalue weighted by atomic mass is 10.1. The molecule has 6 rings (SSSR count). The highest BCUT2D eigenvalue weighted by molar-refractivity contribution is 7.99. The fourth-order valence-corrected chi connectivity index (χ4v) is 7.30. The van der Waals surface area contributed by atoms with Gasteiger partial charge in [-0.2, -0.15) is 0 Å². The van der Waals surface area contributed by atoms with Crippen LogP contribution in [-0.4, -0.2) is 87.0 Å². The van der Waals surface area contributed by atoms with Crippen molar-refractivity contribution >= 4 is 35.2 Å². The van der Waals surface area contributed by atoms with Crippen LogP contribution in [-0.2, 0) is 14.2 Å². The number of nitrogens with one attached hydrogen (secondary N) is 1. The molecule has 0 bridgehead atoms. The lowest BCUT2D eigenvalue weighted by Gasteiger charge is -2.37. The Morgan fingerprint density at radius 3 is 2.59 bits per heavy atom. The summed E-state index contributed by atoms with van der Waals surface area (Å²) in [7, 11) is 0. The Morgan fingerprint density at radius 2 is 1.93 bits per heavy atom. The van der Waals surface area contributed by atoms with Gasteiger partial charge in [0.15, 0.2) is 34.2 Å². The first-order valence-corrected chi connectivity index (χ1v) is 16.7. The number of carbonyl (C=O) groups is 1. The molecule has 3 heterocycles. The number of hydrazine groups is 2. The van der Waals surface area contributed by atoms with E-state index in [1.54, 1.807) is 0 Å². The van der Waals surface area contributed by atoms with Crippen LogP contribution in [0.5, 0.6) is 0 Å². The minimum atomic E-state index is -1.21. The van der Waals surface area contributed by atoms with Gasteiger partial charge in [0.2, 0.25) is 0 Å². The number of carboxylic acid groups (broad SMARTS) is 1. The summed E-state index contributed by atoms with van der Waals surface area (Å²) in [4.78, 5) is 24.1. The van der Waals surface area contributed by atoms with Gasteiger partial charge in [0, 0.05) is 24.1 Å². The molecule has 2 aliphatic carbocycles. The Morgan fingerprint density at radius 1 is 1.20 bits per heavy atom. The molecular formula is C31H42F2N6O6S. The normalized spacial score (nSPS) is 28.0. The number of amides is 1. The molecule has 1 aromatic carbocycles. The zero-order valence-electron chi connectivity index (χ0n) is 26.9. The average Bonchev–Trinajstić information content (AvgIpc) is 3.39. The minimum absolute atomic E-state index is 0.127. The van der Waals surface area contributed by atoms with Gasteiger partial charge in [0.25, 0.3) is 0 Å². The van der Waals surface area contributed by atoms with Gasteiger partial charge in [-0.05, 0) is 65.2 Å². The first kappa shape index (κ1) is 33.1. The predicted octanol–water partition coefficient (Wildman–Crippen LogP) is 4.81. The summed E-state index contributed by atoms with van der Waals surface area (Å²) in [5, 5.41) is 24.3. The number of hydrogen-bond donors (Lipinski definition) is 3. The lowest BCUT2D eigenvalue weighted by molar-refractivity contribution is -0.168. The van der Waals surface area contributed by atoms with E-state index in [1.807, 2.05) is 51.6 Å². The van der Waals surface area contributed by atoms with Crippen molar-refractivity contribution in [3.05, 3.63) is 35.4 Å². The molecule has 1 amide bonds. The molecule has 3 N–H and O–H groups in total.